The lowest BCUT2D eigenvalue weighted by Gasteiger charge is -2.30. The van der Waals surface area contributed by atoms with Crippen LogP contribution in [0.2, 0.25) is 0 Å². The molecule has 0 fully saturated rings. The molecule has 2 aromatic carbocycles. The van der Waals surface area contributed by atoms with Crippen LogP contribution >= 0.6 is 0 Å². The van der Waals surface area contributed by atoms with E-state index in [1.54, 1.807) is 11.9 Å². The fraction of sp³-hybridized carbons (Fsp3) is 0.222. The van der Waals surface area contributed by atoms with Crippen molar-refractivity contribution in [2.75, 3.05) is 13.6 Å². The van der Waals surface area contributed by atoms with Gasteiger partial charge in [0, 0.05) is 31.1 Å². The highest BCUT2D eigenvalue weighted by Gasteiger charge is 2.33. The van der Waals surface area contributed by atoms with Crippen LogP contribution in [0.15, 0.2) is 48.5 Å². The smallest absolute Gasteiger partial charge is 0.234 e. The summed E-state index contributed by atoms with van der Waals surface area (Å²) in [6.07, 6.45) is 0.148. The Kier molecular flexibility index (Phi) is 4.02. The van der Waals surface area contributed by atoms with Crippen LogP contribution in [0.5, 0.6) is 11.5 Å². The lowest BCUT2D eigenvalue weighted by molar-refractivity contribution is -0.131. The first-order valence-corrected chi connectivity index (χ1v) is 7.47. The molecular formula is C18H18N2O3. The molecule has 0 aliphatic carbocycles. The van der Waals surface area contributed by atoms with Crippen LogP contribution in [0.1, 0.15) is 23.5 Å². The van der Waals surface area contributed by atoms with Crippen molar-refractivity contribution in [3.05, 3.63) is 59.7 Å². The molecule has 23 heavy (non-hydrogen) atoms. The van der Waals surface area contributed by atoms with Crippen molar-refractivity contribution < 1.29 is 14.3 Å². The SMILES string of the molecule is CN(CCC(N)=O)C(=O)C1c2ccccc2Oc2ccccc21. The van der Waals surface area contributed by atoms with Crippen molar-refractivity contribution in [3.8, 4) is 11.5 Å². The highest BCUT2D eigenvalue weighted by molar-refractivity contribution is 5.89. The standard InChI is InChI=1S/C18H18N2O3/c1-20(11-10-16(19)21)18(22)17-12-6-2-4-8-14(12)23-15-9-5-3-7-13(15)17/h2-9,17H,10-11H2,1H3,(H2,19,21). The van der Waals surface area contributed by atoms with Gasteiger partial charge in [0.05, 0.1) is 5.92 Å². The molecule has 0 unspecified atom stereocenters. The summed E-state index contributed by atoms with van der Waals surface area (Å²) in [5, 5.41) is 0. The lowest BCUT2D eigenvalue weighted by Crippen LogP contribution is -2.35. The van der Waals surface area contributed by atoms with Crippen LogP contribution in [-0.2, 0) is 9.59 Å². The number of benzene rings is 2. The van der Waals surface area contributed by atoms with Gasteiger partial charge in [-0.05, 0) is 12.1 Å². The second-order valence-corrected chi connectivity index (χ2v) is 5.59. The average molecular weight is 310 g/mol. The Bertz CT molecular complexity index is 712. The Labute approximate surface area is 134 Å². The predicted octanol–water partition coefficient (Wildman–Crippen LogP) is 2.26. The molecule has 0 atom stereocenters. The maximum absolute atomic E-state index is 13.0. The second kappa shape index (κ2) is 6.12. The first kappa shape index (κ1) is 15.1. The highest BCUT2D eigenvalue weighted by atomic mass is 16.5. The monoisotopic (exact) mass is 310 g/mol. The molecule has 0 saturated heterocycles. The van der Waals surface area contributed by atoms with E-state index in [1.807, 2.05) is 48.5 Å². The largest absolute Gasteiger partial charge is 0.457 e. The number of para-hydroxylation sites is 2. The Hall–Kier alpha value is -2.82. The number of ether oxygens (including phenoxy) is 1. The molecule has 2 aromatic rings. The van der Waals surface area contributed by atoms with Crippen LogP contribution in [0, 0.1) is 0 Å². The Morgan fingerprint density at radius 2 is 1.57 bits per heavy atom. The van der Waals surface area contributed by atoms with Gasteiger partial charge in [-0.2, -0.15) is 0 Å². The molecule has 5 nitrogen and oxygen atoms in total. The van der Waals surface area contributed by atoms with Crippen molar-refractivity contribution in [1.29, 1.82) is 0 Å². The van der Waals surface area contributed by atoms with Gasteiger partial charge in [-0.15, -0.1) is 0 Å². The van der Waals surface area contributed by atoms with E-state index in [-0.39, 0.29) is 12.3 Å². The number of carbonyl (C=O) groups excluding carboxylic acids is 2. The molecule has 0 spiro atoms. The first-order valence-electron chi connectivity index (χ1n) is 7.47. The summed E-state index contributed by atoms with van der Waals surface area (Å²) in [6.45, 7) is 0.301. The quantitative estimate of drug-likeness (QED) is 0.941. The maximum atomic E-state index is 13.0. The minimum Gasteiger partial charge on any atom is -0.457 e. The summed E-state index contributed by atoms with van der Waals surface area (Å²) >= 11 is 0. The van der Waals surface area contributed by atoms with Crippen LogP contribution in [0.3, 0.4) is 0 Å². The number of carbonyl (C=O) groups is 2. The Morgan fingerprint density at radius 1 is 1.04 bits per heavy atom. The molecule has 5 heteroatoms. The molecule has 1 aliphatic heterocycles. The predicted molar refractivity (Wildman–Crippen MR) is 86.2 cm³/mol. The summed E-state index contributed by atoms with van der Waals surface area (Å²) < 4.78 is 5.89. The number of rotatable bonds is 4. The number of nitrogens with two attached hydrogens (primary N) is 1. The molecule has 0 radical (unpaired) electrons. The molecule has 3 rings (SSSR count). The normalized spacial score (nSPS) is 12.7. The average Bonchev–Trinajstić information content (AvgIpc) is 2.56. The van der Waals surface area contributed by atoms with Crippen molar-refractivity contribution in [3.63, 3.8) is 0 Å². The molecule has 118 valence electrons. The van der Waals surface area contributed by atoms with E-state index in [9.17, 15) is 9.59 Å². The van der Waals surface area contributed by atoms with Gasteiger partial charge in [0.1, 0.15) is 11.5 Å². The van der Waals surface area contributed by atoms with Gasteiger partial charge in [0.15, 0.2) is 0 Å². The zero-order valence-corrected chi connectivity index (χ0v) is 12.9. The Balaban J connectivity index is 1.97. The van der Waals surface area contributed by atoms with Gasteiger partial charge < -0.3 is 15.4 Å². The molecule has 2 amide bonds. The van der Waals surface area contributed by atoms with E-state index in [0.717, 1.165) is 11.1 Å². The zero-order chi connectivity index (χ0) is 16.4. The number of hydrogen-bond donors (Lipinski definition) is 1. The van der Waals surface area contributed by atoms with Crippen LogP contribution in [0.25, 0.3) is 0 Å². The molecule has 1 heterocycles. The van der Waals surface area contributed by atoms with E-state index in [4.69, 9.17) is 10.5 Å². The molecule has 0 bridgehead atoms. The van der Waals surface area contributed by atoms with Gasteiger partial charge >= 0.3 is 0 Å². The summed E-state index contributed by atoms with van der Waals surface area (Å²) in [5.41, 5.74) is 6.85. The summed E-state index contributed by atoms with van der Waals surface area (Å²) in [4.78, 5) is 25.5. The van der Waals surface area contributed by atoms with E-state index in [1.165, 1.54) is 0 Å². The second-order valence-electron chi connectivity index (χ2n) is 5.59. The number of amides is 2. The molecule has 0 saturated carbocycles. The fourth-order valence-corrected chi connectivity index (χ4v) is 2.78. The minimum absolute atomic E-state index is 0.0746. The fourth-order valence-electron chi connectivity index (χ4n) is 2.78. The van der Waals surface area contributed by atoms with Crippen LogP contribution < -0.4 is 10.5 Å². The highest BCUT2D eigenvalue weighted by Crippen LogP contribution is 2.44. The van der Waals surface area contributed by atoms with Gasteiger partial charge in [-0.25, -0.2) is 0 Å². The van der Waals surface area contributed by atoms with E-state index >= 15 is 0 Å². The van der Waals surface area contributed by atoms with Gasteiger partial charge in [-0.1, -0.05) is 36.4 Å². The topological polar surface area (TPSA) is 72.6 Å². The summed E-state index contributed by atoms with van der Waals surface area (Å²) in [5.74, 6) is 0.446. The van der Waals surface area contributed by atoms with Crippen LogP contribution in [-0.4, -0.2) is 30.3 Å². The third-order valence-corrected chi connectivity index (χ3v) is 4.00. The molecule has 2 N–H and O–H groups in total. The van der Waals surface area contributed by atoms with Crippen molar-refractivity contribution in [2.45, 2.75) is 12.3 Å². The minimum atomic E-state index is -0.436. The van der Waals surface area contributed by atoms with E-state index < -0.39 is 11.8 Å². The number of fused-ring (bicyclic) bond motifs is 2. The van der Waals surface area contributed by atoms with Gasteiger partial charge in [0.2, 0.25) is 11.8 Å². The van der Waals surface area contributed by atoms with Crippen molar-refractivity contribution in [1.82, 2.24) is 4.90 Å². The Morgan fingerprint density at radius 3 is 2.09 bits per heavy atom. The first-order chi connectivity index (χ1) is 11.1. The van der Waals surface area contributed by atoms with E-state index in [0.29, 0.717) is 18.0 Å². The number of hydrogen-bond acceptors (Lipinski definition) is 3. The number of primary amides is 1. The summed E-state index contributed by atoms with van der Waals surface area (Å²) in [7, 11) is 1.69. The van der Waals surface area contributed by atoms with Gasteiger partial charge in [-0.3, -0.25) is 9.59 Å². The molecule has 0 aromatic heterocycles. The van der Waals surface area contributed by atoms with Crippen molar-refractivity contribution >= 4 is 11.8 Å². The third-order valence-electron chi connectivity index (χ3n) is 4.00. The third kappa shape index (κ3) is 2.90. The number of likely N-dealkylation sites (N-methyl/N-ethyl adjacent to an activating group) is 1. The maximum Gasteiger partial charge on any atom is 0.234 e. The lowest BCUT2D eigenvalue weighted by atomic mass is 9.87. The summed E-state index contributed by atoms with van der Waals surface area (Å²) in [6, 6.07) is 15.0. The zero-order valence-electron chi connectivity index (χ0n) is 12.9. The van der Waals surface area contributed by atoms with Crippen LogP contribution in [0.4, 0.5) is 0 Å². The van der Waals surface area contributed by atoms with E-state index in [2.05, 4.69) is 0 Å². The molecule has 1 aliphatic rings. The molecular weight excluding hydrogens is 292 g/mol. The number of nitrogens with zero attached hydrogens (tertiary/aromatic N) is 1. The van der Waals surface area contributed by atoms with Gasteiger partial charge in [0.25, 0.3) is 0 Å². The van der Waals surface area contributed by atoms with Crippen molar-refractivity contribution in [2.24, 2.45) is 5.73 Å².